The molecule has 3 fully saturated rings. The molecule has 418 valence electrons. The number of hydrogen-bond donors (Lipinski definition) is 5. The van der Waals surface area contributed by atoms with Crippen LogP contribution in [-0.2, 0) is 44.7 Å². The first-order chi connectivity index (χ1) is 33.9. The number of aliphatic hydroxyl groups is 5. The van der Waals surface area contributed by atoms with Gasteiger partial charge in [0.2, 0.25) is 0 Å². The quantitative estimate of drug-likeness (QED) is 0.152. The van der Waals surface area contributed by atoms with Gasteiger partial charge in [0, 0.05) is 56.4 Å². The summed E-state index contributed by atoms with van der Waals surface area (Å²) in [5.74, 6) is -2.79. The Morgan fingerprint density at radius 2 is 1.63 bits per heavy atom. The van der Waals surface area contributed by atoms with Gasteiger partial charge in [-0.25, -0.2) is 17.5 Å². The summed E-state index contributed by atoms with van der Waals surface area (Å²) in [7, 11) is 0.301. The number of alkyl halides is 1. The van der Waals surface area contributed by atoms with Crippen LogP contribution in [0, 0.1) is 23.2 Å². The van der Waals surface area contributed by atoms with Gasteiger partial charge < -0.3 is 59.0 Å². The Balaban J connectivity index is 1.43. The van der Waals surface area contributed by atoms with Crippen molar-refractivity contribution in [2.24, 2.45) is 23.2 Å². The number of likely N-dealkylation sites (N-methyl/N-ethyl adjacent to an activating group) is 2. The number of benzene rings is 1. The molecule has 5 N–H and O–H groups in total. The molecule has 21 heteroatoms. The second-order valence-corrected chi connectivity index (χ2v) is 25.8. The van der Waals surface area contributed by atoms with Crippen molar-refractivity contribution in [3.63, 3.8) is 0 Å². The molecular weight excluding hydrogens is 986 g/mol. The fourth-order valence-corrected chi connectivity index (χ4v) is 13.0. The molecule has 0 saturated carbocycles. The van der Waals surface area contributed by atoms with E-state index in [1.165, 1.54) is 35.5 Å². The Hall–Kier alpha value is -2.38. The number of ether oxygens (including phenoxy) is 5. The molecule has 5 rings (SSSR count). The lowest BCUT2D eigenvalue weighted by Gasteiger charge is -2.49. The monoisotopic (exact) mass is 1070 g/mol. The molecule has 0 bridgehead atoms. The molecule has 0 amide bonds. The molecule has 3 aliphatic heterocycles. The molecule has 2 aromatic rings. The molecule has 3 saturated heterocycles. The number of sulfone groups is 1. The molecule has 1 aromatic heterocycles. The van der Waals surface area contributed by atoms with Gasteiger partial charge in [0.05, 0.1) is 63.9 Å². The van der Waals surface area contributed by atoms with E-state index >= 15 is 0 Å². The number of hydrogen-bond acceptors (Lipinski definition) is 18. The van der Waals surface area contributed by atoms with Crippen LogP contribution in [0.15, 0.2) is 35.4 Å². The molecule has 0 spiro atoms. The third-order valence-corrected chi connectivity index (χ3v) is 18.2. The maximum atomic E-state index is 14.8. The predicted octanol–water partition coefficient (Wildman–Crippen LogP) is 4.74. The number of nitrogens with zero attached hydrogens (tertiary/aromatic N) is 5. The van der Waals surface area contributed by atoms with E-state index in [1.54, 1.807) is 52.9 Å². The molecule has 0 radical (unpaired) electrons. The predicted molar refractivity (Wildman–Crippen MR) is 276 cm³/mol. The summed E-state index contributed by atoms with van der Waals surface area (Å²) in [6.45, 7) is 19.7. The zero-order valence-corrected chi connectivity index (χ0v) is 47.4. The van der Waals surface area contributed by atoms with Gasteiger partial charge in [0.15, 0.2) is 22.4 Å². The van der Waals surface area contributed by atoms with Gasteiger partial charge in [0.1, 0.15) is 30.6 Å². The van der Waals surface area contributed by atoms with Crippen LogP contribution in [0.1, 0.15) is 124 Å². The van der Waals surface area contributed by atoms with Crippen LogP contribution < -0.4 is 0 Å². The summed E-state index contributed by atoms with van der Waals surface area (Å²) in [5.41, 5.74) is -2.76. The number of esters is 1. The molecule has 18 nitrogen and oxygen atoms in total. The van der Waals surface area contributed by atoms with Crippen molar-refractivity contribution in [1.29, 1.82) is 0 Å². The highest BCUT2D eigenvalue weighted by Crippen LogP contribution is 2.42. The lowest BCUT2D eigenvalue weighted by atomic mass is 9.77. The topological polar surface area (TPSA) is 236 Å². The second-order valence-electron chi connectivity index (χ2n) is 22.8. The van der Waals surface area contributed by atoms with Gasteiger partial charge in [-0.15, -0.1) is 5.10 Å². The number of carbonyl (C=O) groups is 1. The Morgan fingerprint density at radius 1 is 0.986 bits per heavy atom. The first-order valence-electron chi connectivity index (χ1n) is 25.9. The summed E-state index contributed by atoms with van der Waals surface area (Å²) in [6, 6.07) is 4.64. The minimum Gasteiger partial charge on any atom is -0.459 e. The van der Waals surface area contributed by atoms with Gasteiger partial charge in [0.25, 0.3) is 0 Å². The first kappa shape index (κ1) is 61.5. The van der Waals surface area contributed by atoms with Crippen LogP contribution >= 0.6 is 11.8 Å². The fourth-order valence-electron chi connectivity index (χ4n) is 11.5. The Bertz CT molecular complexity index is 2190. The van der Waals surface area contributed by atoms with E-state index in [1.807, 2.05) is 64.8 Å². The van der Waals surface area contributed by atoms with Gasteiger partial charge in [-0.05, 0) is 110 Å². The van der Waals surface area contributed by atoms with Crippen molar-refractivity contribution in [1.82, 2.24) is 24.8 Å². The summed E-state index contributed by atoms with van der Waals surface area (Å²) in [6.07, 6.45) is -3.63. The number of rotatable bonds is 15. The molecule has 3 aliphatic rings. The van der Waals surface area contributed by atoms with Crippen LogP contribution in [0.3, 0.4) is 0 Å². The summed E-state index contributed by atoms with van der Waals surface area (Å²) < 4.78 is 73.0. The van der Waals surface area contributed by atoms with Crippen LogP contribution in [0.2, 0.25) is 0 Å². The molecule has 19 atom stereocenters. The Kier molecular flexibility index (Phi) is 21.0. The van der Waals surface area contributed by atoms with Crippen LogP contribution in [0.5, 0.6) is 0 Å². The molecular formula is C52H88FN5O13S2. The first-order valence-corrected chi connectivity index (χ1v) is 29.1. The fraction of sp³-hybridized carbons (Fsp3) is 0.827. The van der Waals surface area contributed by atoms with E-state index in [0.29, 0.717) is 31.6 Å². The number of aromatic nitrogens is 3. The Morgan fingerprint density at radius 3 is 2.21 bits per heavy atom. The third kappa shape index (κ3) is 14.6. The summed E-state index contributed by atoms with van der Waals surface area (Å²) in [4.78, 5) is 18.5. The minimum absolute atomic E-state index is 0.170. The lowest BCUT2D eigenvalue weighted by Crippen LogP contribution is -2.60. The highest BCUT2D eigenvalue weighted by molar-refractivity contribution is 7.98. The highest BCUT2D eigenvalue weighted by Gasteiger charge is 2.52. The van der Waals surface area contributed by atoms with Gasteiger partial charge >= 0.3 is 5.97 Å². The van der Waals surface area contributed by atoms with E-state index in [9.17, 15) is 43.1 Å². The van der Waals surface area contributed by atoms with Crippen molar-refractivity contribution in [3.8, 4) is 0 Å². The van der Waals surface area contributed by atoms with E-state index in [-0.39, 0.29) is 35.3 Å². The molecule has 4 heterocycles. The van der Waals surface area contributed by atoms with Crippen molar-refractivity contribution in [2.75, 3.05) is 46.4 Å². The van der Waals surface area contributed by atoms with Crippen LogP contribution in [0.25, 0.3) is 0 Å². The van der Waals surface area contributed by atoms with Gasteiger partial charge in [-0.1, -0.05) is 52.0 Å². The SMILES string of the molecule is CC[C@H]1OC(=O)[C@H](C)[C@@H](O[C@H]2CC(C)(C)[C@@H](O)[C@H](C)O2)[C@H](C)[C@@H](O[C@@H]2O[C@H](C)C[C@H](N(C)CCc3cn([C@H](CF)[C@H](SC)c4ccc(S(C)(=O)=O)cc4)nn3)[C@H]2O)[C@](C)(O)C[C@@H](C)CN(C)[C@H](C)[C@@H](O)[C@]1(C)O. The molecule has 1 aromatic carbocycles. The maximum Gasteiger partial charge on any atom is 0.311 e. The van der Waals surface area contributed by atoms with Crippen molar-refractivity contribution in [2.45, 2.75) is 209 Å². The smallest absolute Gasteiger partial charge is 0.311 e. The Labute approximate surface area is 437 Å². The largest absolute Gasteiger partial charge is 0.459 e. The summed E-state index contributed by atoms with van der Waals surface area (Å²) in [5, 5.41) is 68.0. The molecule has 0 aliphatic carbocycles. The van der Waals surface area contributed by atoms with E-state index in [2.05, 4.69) is 10.3 Å². The van der Waals surface area contributed by atoms with Gasteiger partial charge in [-0.3, -0.25) is 4.79 Å². The average Bonchev–Trinajstić information content (AvgIpc) is 3.79. The second kappa shape index (κ2) is 25.0. The standard InChI is InChI=1S/C52H88FN5O13S2/c1-16-40-52(11,64)45(60)33(6)57(13)27-29(2)24-51(10,63)47(31(4)43(32(5)48(62)69-40)70-41-25-50(8,9)46(61)34(7)68-41)71-49-42(59)38(23-30(3)67-49)56(12)22-21-36-28-58(55-54-36)39(26-53)44(72-14)35-17-19-37(20-18-35)73(15,65)66/h17-20,28-34,38-47,49,59-61,63-64H,16,21-27H2,1-15H3/t29-,30-,31+,32-,33-,34+,38+,39-,40-,41+,42-,43+,44-,45-,46+,47-,49+,51-,52-/m1/s1. The number of halogens is 1. The number of thioether (sulfide) groups is 1. The van der Waals surface area contributed by atoms with Crippen molar-refractivity contribution < 1.29 is 66.8 Å². The highest BCUT2D eigenvalue weighted by atomic mass is 32.2. The van der Waals surface area contributed by atoms with E-state index < -0.39 is 130 Å². The van der Waals surface area contributed by atoms with Crippen molar-refractivity contribution >= 4 is 27.6 Å². The number of aliphatic hydroxyl groups excluding tert-OH is 3. The molecule has 0 unspecified atom stereocenters. The maximum absolute atomic E-state index is 14.8. The normalized spacial score (nSPS) is 38.5. The average molecular weight is 1070 g/mol. The van der Waals surface area contributed by atoms with Crippen LogP contribution in [0.4, 0.5) is 4.39 Å². The third-order valence-electron chi connectivity index (χ3n) is 16.0. The summed E-state index contributed by atoms with van der Waals surface area (Å²) >= 11 is 1.43. The zero-order chi connectivity index (χ0) is 54.7. The number of cyclic esters (lactones) is 1. The molecule has 73 heavy (non-hydrogen) atoms. The lowest BCUT2D eigenvalue weighted by molar-refractivity contribution is -0.312. The minimum atomic E-state index is -3.40. The van der Waals surface area contributed by atoms with Crippen molar-refractivity contribution in [3.05, 3.63) is 41.7 Å². The van der Waals surface area contributed by atoms with Crippen LogP contribution in [-0.4, -0.2) is 196 Å². The number of carbonyl (C=O) groups excluding carboxylic acids is 1. The van der Waals surface area contributed by atoms with Gasteiger partial charge in [-0.2, -0.15) is 11.8 Å². The van der Waals surface area contributed by atoms with E-state index in [0.717, 1.165) is 11.8 Å². The zero-order valence-electron chi connectivity index (χ0n) is 45.8. The van der Waals surface area contributed by atoms with E-state index in [4.69, 9.17) is 23.7 Å².